The lowest BCUT2D eigenvalue weighted by atomic mass is 10.2. The van der Waals surface area contributed by atoms with E-state index in [-0.39, 0.29) is 5.38 Å². The molecular weight excluding hydrogens is 371 g/mol. The Balaban J connectivity index is 2.36. The molecule has 1 aromatic heterocycles. The highest BCUT2D eigenvalue weighted by Gasteiger charge is 2.17. The number of aryl methyl sites for hydroxylation is 1. The minimum atomic E-state index is -0.199. The van der Waals surface area contributed by atoms with Gasteiger partial charge in [0, 0.05) is 15.2 Å². The number of halogens is 3. The Morgan fingerprint density at radius 2 is 1.95 bits per heavy atom. The number of fused-ring (bicyclic) bond motifs is 1. The van der Waals surface area contributed by atoms with Gasteiger partial charge in [-0.1, -0.05) is 27.5 Å². The van der Waals surface area contributed by atoms with Crippen LogP contribution in [0.3, 0.4) is 0 Å². The molecule has 5 heteroatoms. The van der Waals surface area contributed by atoms with Gasteiger partial charge in [-0.3, -0.25) is 4.57 Å². The number of alkyl halides is 1. The Bertz CT molecular complexity index is 804. The normalized spacial score (nSPS) is 12.8. The first-order valence-corrected chi connectivity index (χ1v) is 8.16. The van der Waals surface area contributed by atoms with Crippen molar-refractivity contribution in [2.45, 2.75) is 19.2 Å². The number of rotatable bonds is 2. The van der Waals surface area contributed by atoms with E-state index in [0.717, 1.165) is 27.0 Å². The first-order valence-electron chi connectivity index (χ1n) is 6.55. The fourth-order valence-corrected chi connectivity index (χ4v) is 3.36. The summed E-state index contributed by atoms with van der Waals surface area (Å²) in [5.41, 5.74) is 4.06. The van der Waals surface area contributed by atoms with Crippen LogP contribution in [-0.2, 0) is 0 Å². The predicted molar refractivity (Wildman–Crippen MR) is 92.8 cm³/mol. The Hall–Kier alpha value is -1.03. The average molecular weight is 384 g/mol. The summed E-state index contributed by atoms with van der Waals surface area (Å²) in [6.07, 6.45) is 0. The van der Waals surface area contributed by atoms with Crippen LogP contribution in [0.4, 0.5) is 0 Å². The van der Waals surface area contributed by atoms with Crippen LogP contribution in [0.15, 0.2) is 40.9 Å². The minimum Gasteiger partial charge on any atom is -0.295 e. The average Bonchev–Trinajstić information content (AvgIpc) is 2.76. The molecule has 0 bridgehead atoms. The monoisotopic (exact) mass is 382 g/mol. The van der Waals surface area contributed by atoms with Crippen molar-refractivity contribution in [3.63, 3.8) is 0 Å². The van der Waals surface area contributed by atoms with Gasteiger partial charge >= 0.3 is 0 Å². The van der Waals surface area contributed by atoms with Crippen molar-refractivity contribution in [1.82, 2.24) is 9.55 Å². The lowest BCUT2D eigenvalue weighted by molar-refractivity contribution is 0.881. The third-order valence-corrected chi connectivity index (χ3v) is 4.17. The van der Waals surface area contributed by atoms with Crippen LogP contribution in [0.2, 0.25) is 5.02 Å². The van der Waals surface area contributed by atoms with Crippen LogP contribution in [0.25, 0.3) is 16.7 Å². The Labute approximate surface area is 141 Å². The molecule has 0 amide bonds. The number of hydrogen-bond donors (Lipinski definition) is 0. The molecule has 0 N–H and O–H groups in total. The fourth-order valence-electron chi connectivity index (χ4n) is 2.46. The van der Waals surface area contributed by atoms with Crippen LogP contribution in [0.5, 0.6) is 0 Å². The highest BCUT2D eigenvalue weighted by molar-refractivity contribution is 9.10. The summed E-state index contributed by atoms with van der Waals surface area (Å²) in [4.78, 5) is 4.64. The van der Waals surface area contributed by atoms with E-state index in [1.165, 1.54) is 5.56 Å². The summed E-state index contributed by atoms with van der Waals surface area (Å²) in [5, 5.41) is 0.474. The largest absolute Gasteiger partial charge is 0.295 e. The molecular formula is C16H13BrCl2N2. The van der Waals surface area contributed by atoms with Gasteiger partial charge in [0.25, 0.3) is 0 Å². The van der Waals surface area contributed by atoms with E-state index in [0.29, 0.717) is 5.02 Å². The lowest BCUT2D eigenvalue weighted by Gasteiger charge is -2.12. The van der Waals surface area contributed by atoms with Crippen LogP contribution < -0.4 is 0 Å². The maximum absolute atomic E-state index is 6.32. The molecule has 2 aromatic carbocycles. The van der Waals surface area contributed by atoms with E-state index in [2.05, 4.69) is 50.6 Å². The van der Waals surface area contributed by atoms with Gasteiger partial charge in [-0.25, -0.2) is 4.98 Å². The van der Waals surface area contributed by atoms with Gasteiger partial charge in [0.2, 0.25) is 0 Å². The van der Waals surface area contributed by atoms with Crippen molar-refractivity contribution in [3.05, 3.63) is 57.3 Å². The molecule has 0 aliphatic rings. The highest BCUT2D eigenvalue weighted by Crippen LogP contribution is 2.31. The molecule has 0 aliphatic heterocycles. The second kappa shape index (κ2) is 5.64. The second-order valence-corrected chi connectivity index (χ2v) is 7.05. The van der Waals surface area contributed by atoms with Crippen molar-refractivity contribution in [3.8, 4) is 5.69 Å². The van der Waals surface area contributed by atoms with Gasteiger partial charge < -0.3 is 0 Å². The van der Waals surface area contributed by atoms with E-state index in [1.54, 1.807) is 0 Å². The molecule has 108 valence electrons. The van der Waals surface area contributed by atoms with Gasteiger partial charge in [-0.05, 0) is 55.8 Å². The first-order chi connectivity index (χ1) is 9.95. The molecule has 0 fully saturated rings. The van der Waals surface area contributed by atoms with Crippen molar-refractivity contribution >= 4 is 50.2 Å². The third-order valence-electron chi connectivity index (χ3n) is 3.28. The summed E-state index contributed by atoms with van der Waals surface area (Å²) in [5.74, 6) is 0.812. The summed E-state index contributed by atoms with van der Waals surface area (Å²) in [6.45, 7) is 3.99. The number of aromatic nitrogens is 2. The number of hydrogen-bond acceptors (Lipinski definition) is 1. The van der Waals surface area contributed by atoms with Crippen molar-refractivity contribution < 1.29 is 0 Å². The smallest absolute Gasteiger partial charge is 0.132 e. The molecule has 0 saturated heterocycles. The van der Waals surface area contributed by atoms with E-state index >= 15 is 0 Å². The molecule has 0 saturated carbocycles. The minimum absolute atomic E-state index is 0.199. The maximum atomic E-state index is 6.32. The molecule has 1 atom stereocenters. The zero-order chi connectivity index (χ0) is 15.1. The highest BCUT2D eigenvalue weighted by atomic mass is 79.9. The Morgan fingerprint density at radius 1 is 1.19 bits per heavy atom. The van der Waals surface area contributed by atoms with Crippen molar-refractivity contribution in [1.29, 1.82) is 0 Å². The summed E-state index contributed by atoms with van der Waals surface area (Å²) < 4.78 is 3.11. The fraction of sp³-hybridized carbons (Fsp3) is 0.188. The standard InChI is InChI=1S/C16H13BrCl2N2/c1-9-5-11(17)7-13(6-9)21-15-4-3-12(19)8-14(15)20-16(21)10(2)18/h3-8,10H,1-2H3. The summed E-state index contributed by atoms with van der Waals surface area (Å²) >= 11 is 15.9. The molecule has 2 nitrogen and oxygen atoms in total. The van der Waals surface area contributed by atoms with Crippen LogP contribution >= 0.6 is 39.1 Å². The number of nitrogens with zero attached hydrogens (tertiary/aromatic N) is 2. The van der Waals surface area contributed by atoms with Gasteiger partial charge in [-0.2, -0.15) is 0 Å². The van der Waals surface area contributed by atoms with Gasteiger partial charge in [0.05, 0.1) is 16.4 Å². The number of benzene rings is 2. The van der Waals surface area contributed by atoms with E-state index in [9.17, 15) is 0 Å². The van der Waals surface area contributed by atoms with Crippen molar-refractivity contribution in [2.24, 2.45) is 0 Å². The van der Waals surface area contributed by atoms with Gasteiger partial charge in [0.15, 0.2) is 0 Å². The Morgan fingerprint density at radius 3 is 2.62 bits per heavy atom. The van der Waals surface area contributed by atoms with Gasteiger partial charge in [0.1, 0.15) is 5.82 Å². The molecule has 0 radical (unpaired) electrons. The molecule has 1 heterocycles. The van der Waals surface area contributed by atoms with E-state index in [4.69, 9.17) is 23.2 Å². The topological polar surface area (TPSA) is 17.8 Å². The van der Waals surface area contributed by atoms with Crippen LogP contribution in [-0.4, -0.2) is 9.55 Å². The zero-order valence-electron chi connectivity index (χ0n) is 11.6. The van der Waals surface area contributed by atoms with Crippen LogP contribution in [0.1, 0.15) is 23.7 Å². The summed E-state index contributed by atoms with van der Waals surface area (Å²) in [7, 11) is 0. The third kappa shape index (κ3) is 2.83. The zero-order valence-corrected chi connectivity index (χ0v) is 14.7. The lowest BCUT2D eigenvalue weighted by Crippen LogP contribution is -2.02. The number of imidazole rings is 1. The molecule has 1 unspecified atom stereocenters. The van der Waals surface area contributed by atoms with E-state index in [1.807, 2.05) is 25.1 Å². The van der Waals surface area contributed by atoms with Gasteiger partial charge in [-0.15, -0.1) is 11.6 Å². The molecule has 3 aromatic rings. The quantitative estimate of drug-likeness (QED) is 0.492. The second-order valence-electron chi connectivity index (χ2n) is 5.04. The van der Waals surface area contributed by atoms with E-state index < -0.39 is 0 Å². The molecule has 0 spiro atoms. The Kier molecular flexibility index (Phi) is 4.00. The van der Waals surface area contributed by atoms with Crippen LogP contribution in [0, 0.1) is 6.92 Å². The molecule has 3 rings (SSSR count). The predicted octanol–water partition coefficient (Wildman–Crippen LogP) is 6.05. The summed E-state index contributed by atoms with van der Waals surface area (Å²) in [6, 6.07) is 12.0. The SMILES string of the molecule is Cc1cc(Br)cc(-n2c(C(C)Cl)nc3cc(Cl)ccc32)c1. The van der Waals surface area contributed by atoms with Crippen molar-refractivity contribution in [2.75, 3.05) is 0 Å². The molecule has 21 heavy (non-hydrogen) atoms. The molecule has 0 aliphatic carbocycles. The maximum Gasteiger partial charge on any atom is 0.132 e. The first kappa shape index (κ1) is 14.9.